The van der Waals surface area contributed by atoms with E-state index in [-0.39, 0.29) is 5.78 Å². The molecule has 1 atom stereocenters. The number of hydrogen-bond acceptors (Lipinski definition) is 3. The minimum Gasteiger partial charge on any atom is -0.293 e. The highest BCUT2D eigenvalue weighted by Crippen LogP contribution is 2.07. The molecule has 3 heteroatoms. The molecular formula is C10H10N2O. The molecule has 0 saturated carbocycles. The summed E-state index contributed by atoms with van der Waals surface area (Å²) in [6.45, 7) is 3.43. The van der Waals surface area contributed by atoms with E-state index in [2.05, 4.69) is 4.98 Å². The molecule has 13 heavy (non-hydrogen) atoms. The lowest BCUT2D eigenvalue weighted by atomic mass is 10.0. The molecule has 1 rings (SSSR count). The quantitative estimate of drug-likeness (QED) is 0.641. The van der Waals surface area contributed by atoms with Crippen LogP contribution in [-0.2, 0) is 0 Å². The van der Waals surface area contributed by atoms with E-state index in [0.717, 1.165) is 5.69 Å². The number of pyridine rings is 1. The number of nitrogens with zero attached hydrogens (tertiary/aromatic N) is 2. The van der Waals surface area contributed by atoms with E-state index in [1.807, 2.05) is 13.0 Å². The molecule has 1 aromatic heterocycles. The molecule has 0 spiro atoms. The summed E-state index contributed by atoms with van der Waals surface area (Å²) in [7, 11) is 0. The number of Topliss-reactive ketones (excluding diaryl/α,β-unsaturated/α-hetero) is 1. The summed E-state index contributed by atoms with van der Waals surface area (Å²) in [5, 5.41) is 8.53. The lowest BCUT2D eigenvalue weighted by molar-refractivity contribution is 0.0956. The van der Waals surface area contributed by atoms with Crippen LogP contribution in [0.25, 0.3) is 0 Å². The molecule has 0 saturated heterocycles. The summed E-state index contributed by atoms with van der Waals surface area (Å²) in [5.74, 6) is -0.764. The Morgan fingerprint density at radius 3 is 2.77 bits per heavy atom. The first-order chi connectivity index (χ1) is 6.15. The minimum atomic E-state index is -0.593. The van der Waals surface area contributed by atoms with Gasteiger partial charge in [-0.3, -0.25) is 9.78 Å². The molecule has 0 bridgehead atoms. The Kier molecular flexibility index (Phi) is 2.76. The van der Waals surface area contributed by atoms with Gasteiger partial charge in [-0.1, -0.05) is 0 Å². The number of aromatic nitrogens is 1. The number of hydrogen-bond donors (Lipinski definition) is 0. The zero-order valence-corrected chi connectivity index (χ0v) is 7.61. The van der Waals surface area contributed by atoms with Crippen molar-refractivity contribution in [3.63, 3.8) is 0 Å². The van der Waals surface area contributed by atoms with E-state index in [1.54, 1.807) is 19.1 Å². The number of rotatable bonds is 2. The van der Waals surface area contributed by atoms with Crippen molar-refractivity contribution < 1.29 is 4.79 Å². The maximum Gasteiger partial charge on any atom is 0.181 e. The summed E-state index contributed by atoms with van der Waals surface area (Å²) in [6, 6.07) is 5.35. The van der Waals surface area contributed by atoms with Crippen LogP contribution in [-0.4, -0.2) is 10.8 Å². The van der Waals surface area contributed by atoms with Crippen LogP contribution in [0, 0.1) is 24.2 Å². The Morgan fingerprint density at radius 2 is 2.31 bits per heavy atom. The van der Waals surface area contributed by atoms with Gasteiger partial charge in [0.15, 0.2) is 5.78 Å². The number of ketones is 1. The van der Waals surface area contributed by atoms with Crippen LogP contribution in [0.15, 0.2) is 18.3 Å². The third-order valence-corrected chi connectivity index (χ3v) is 1.78. The van der Waals surface area contributed by atoms with Gasteiger partial charge in [0.2, 0.25) is 0 Å². The molecule has 1 aromatic rings. The predicted octanol–water partition coefficient (Wildman–Crippen LogP) is 1.73. The molecule has 1 heterocycles. The Balaban J connectivity index is 2.91. The van der Waals surface area contributed by atoms with Crippen molar-refractivity contribution in [2.45, 2.75) is 13.8 Å². The van der Waals surface area contributed by atoms with Gasteiger partial charge in [0.1, 0.15) is 5.92 Å². The zero-order chi connectivity index (χ0) is 9.84. The molecule has 0 amide bonds. The van der Waals surface area contributed by atoms with Gasteiger partial charge in [0.05, 0.1) is 6.07 Å². The van der Waals surface area contributed by atoms with E-state index in [9.17, 15) is 4.79 Å². The molecule has 0 N–H and O–H groups in total. The summed E-state index contributed by atoms with van der Waals surface area (Å²) >= 11 is 0. The number of nitriles is 1. The Bertz CT molecular complexity index is 348. The van der Waals surface area contributed by atoms with Crippen molar-refractivity contribution in [2.75, 3.05) is 0 Å². The standard InChI is InChI=1S/C10H10N2O/c1-7(5-11)10(13)9-4-3-8(2)12-6-9/h3-4,6-7H,1-2H3. The summed E-state index contributed by atoms with van der Waals surface area (Å²) < 4.78 is 0. The minimum absolute atomic E-state index is 0.171. The molecule has 0 aromatic carbocycles. The third kappa shape index (κ3) is 2.12. The lowest BCUT2D eigenvalue weighted by Crippen LogP contribution is -2.09. The normalized spacial score (nSPS) is 11.8. The van der Waals surface area contributed by atoms with Gasteiger partial charge in [0, 0.05) is 17.5 Å². The second kappa shape index (κ2) is 3.81. The summed E-state index contributed by atoms with van der Waals surface area (Å²) in [5.41, 5.74) is 1.36. The van der Waals surface area contributed by atoms with Crippen molar-refractivity contribution in [3.05, 3.63) is 29.6 Å². The topological polar surface area (TPSA) is 53.8 Å². The van der Waals surface area contributed by atoms with Gasteiger partial charge >= 0.3 is 0 Å². The average molecular weight is 174 g/mol. The van der Waals surface area contributed by atoms with Gasteiger partial charge in [-0.05, 0) is 26.0 Å². The van der Waals surface area contributed by atoms with Gasteiger partial charge < -0.3 is 0 Å². The second-order valence-corrected chi connectivity index (χ2v) is 2.90. The fraction of sp³-hybridized carbons (Fsp3) is 0.300. The average Bonchev–Trinajstić information content (AvgIpc) is 2.17. The molecular weight excluding hydrogens is 164 g/mol. The molecule has 66 valence electrons. The highest BCUT2D eigenvalue weighted by molar-refractivity contribution is 5.98. The molecule has 0 aliphatic carbocycles. The fourth-order valence-corrected chi connectivity index (χ4v) is 0.922. The highest BCUT2D eigenvalue weighted by Gasteiger charge is 2.13. The maximum atomic E-state index is 11.4. The van der Waals surface area contributed by atoms with E-state index in [1.165, 1.54) is 6.20 Å². The summed E-state index contributed by atoms with van der Waals surface area (Å²) in [4.78, 5) is 15.4. The zero-order valence-electron chi connectivity index (χ0n) is 7.61. The van der Waals surface area contributed by atoms with Crippen LogP contribution < -0.4 is 0 Å². The van der Waals surface area contributed by atoms with E-state index < -0.39 is 5.92 Å². The number of carbonyl (C=O) groups excluding carboxylic acids is 1. The van der Waals surface area contributed by atoms with Crippen LogP contribution in [0.1, 0.15) is 23.0 Å². The van der Waals surface area contributed by atoms with Crippen LogP contribution in [0.2, 0.25) is 0 Å². The van der Waals surface area contributed by atoms with Crippen molar-refractivity contribution >= 4 is 5.78 Å². The molecule has 0 fully saturated rings. The van der Waals surface area contributed by atoms with Crippen molar-refractivity contribution in [3.8, 4) is 6.07 Å². The van der Waals surface area contributed by atoms with Crippen molar-refractivity contribution in [1.82, 2.24) is 4.98 Å². The molecule has 1 unspecified atom stereocenters. The van der Waals surface area contributed by atoms with Crippen LogP contribution in [0.5, 0.6) is 0 Å². The molecule has 0 aliphatic rings. The number of carbonyl (C=O) groups is 1. The first-order valence-corrected chi connectivity index (χ1v) is 4.01. The van der Waals surface area contributed by atoms with Crippen LogP contribution in [0.4, 0.5) is 0 Å². The van der Waals surface area contributed by atoms with Crippen molar-refractivity contribution in [1.29, 1.82) is 5.26 Å². The Morgan fingerprint density at radius 1 is 1.62 bits per heavy atom. The SMILES string of the molecule is Cc1ccc(C(=O)C(C)C#N)cn1. The predicted molar refractivity (Wildman–Crippen MR) is 48.1 cm³/mol. The Hall–Kier alpha value is -1.69. The molecule has 0 radical (unpaired) electrons. The van der Waals surface area contributed by atoms with Crippen molar-refractivity contribution in [2.24, 2.45) is 5.92 Å². The van der Waals surface area contributed by atoms with E-state index in [0.29, 0.717) is 5.56 Å². The molecule has 3 nitrogen and oxygen atoms in total. The van der Waals surface area contributed by atoms with Gasteiger partial charge in [-0.15, -0.1) is 0 Å². The third-order valence-electron chi connectivity index (χ3n) is 1.78. The maximum absolute atomic E-state index is 11.4. The summed E-state index contributed by atoms with van der Waals surface area (Å²) in [6.07, 6.45) is 1.51. The number of aryl methyl sites for hydroxylation is 1. The second-order valence-electron chi connectivity index (χ2n) is 2.90. The van der Waals surface area contributed by atoms with Gasteiger partial charge in [0.25, 0.3) is 0 Å². The monoisotopic (exact) mass is 174 g/mol. The largest absolute Gasteiger partial charge is 0.293 e. The van der Waals surface area contributed by atoms with Crippen LogP contribution in [0.3, 0.4) is 0 Å². The molecule has 0 aliphatic heterocycles. The lowest BCUT2D eigenvalue weighted by Gasteiger charge is -2.00. The smallest absolute Gasteiger partial charge is 0.181 e. The van der Waals surface area contributed by atoms with Crippen LogP contribution >= 0.6 is 0 Å². The fourth-order valence-electron chi connectivity index (χ4n) is 0.922. The van der Waals surface area contributed by atoms with Gasteiger partial charge in [-0.25, -0.2) is 0 Å². The first kappa shape index (κ1) is 9.40. The highest BCUT2D eigenvalue weighted by atomic mass is 16.1. The Labute approximate surface area is 77.0 Å². The van der Waals surface area contributed by atoms with E-state index in [4.69, 9.17) is 5.26 Å². The van der Waals surface area contributed by atoms with E-state index >= 15 is 0 Å². The first-order valence-electron chi connectivity index (χ1n) is 4.01. The van der Waals surface area contributed by atoms with Gasteiger partial charge in [-0.2, -0.15) is 5.26 Å².